The molecule has 0 amide bonds. The molecule has 140 valence electrons. The minimum absolute atomic E-state index is 0.0841. The predicted octanol–water partition coefficient (Wildman–Crippen LogP) is 1.61. The average molecular weight is 370 g/mol. The van der Waals surface area contributed by atoms with Gasteiger partial charge in [0.05, 0.1) is 44.7 Å². The van der Waals surface area contributed by atoms with Crippen molar-refractivity contribution in [1.82, 2.24) is 19.8 Å². The second kappa shape index (κ2) is 7.40. The summed E-state index contributed by atoms with van der Waals surface area (Å²) >= 11 is 0. The summed E-state index contributed by atoms with van der Waals surface area (Å²) in [6.07, 6.45) is -0.198. The number of carbonyl (C=O) groups is 2. The van der Waals surface area contributed by atoms with Crippen LogP contribution in [0.1, 0.15) is 21.9 Å². The zero-order valence-corrected chi connectivity index (χ0v) is 15.3. The number of nitrogens with zero attached hydrogens (tertiary/aromatic N) is 4. The maximum atomic E-state index is 12.0. The van der Waals surface area contributed by atoms with Crippen LogP contribution < -0.4 is 4.74 Å². The van der Waals surface area contributed by atoms with E-state index in [2.05, 4.69) is 15.3 Å². The first-order chi connectivity index (χ1) is 13.0. The lowest BCUT2D eigenvalue weighted by molar-refractivity contribution is -0.139. The SMILES string of the molecule is COC(=O)Cc1c(C(=O)OC)nnc2c(-c3ccc(OC)cc3)c(C)nn12. The highest BCUT2D eigenvalue weighted by Gasteiger charge is 2.24. The van der Waals surface area contributed by atoms with Crippen LogP contribution in [0.25, 0.3) is 16.8 Å². The van der Waals surface area contributed by atoms with Crippen LogP contribution in [0.15, 0.2) is 24.3 Å². The number of methoxy groups -OCH3 is 3. The van der Waals surface area contributed by atoms with E-state index >= 15 is 0 Å². The van der Waals surface area contributed by atoms with E-state index in [0.29, 0.717) is 11.3 Å². The summed E-state index contributed by atoms with van der Waals surface area (Å²) in [7, 11) is 4.09. The van der Waals surface area contributed by atoms with Crippen molar-refractivity contribution in [1.29, 1.82) is 0 Å². The maximum Gasteiger partial charge on any atom is 0.360 e. The van der Waals surface area contributed by atoms with E-state index in [1.807, 2.05) is 31.2 Å². The molecule has 0 radical (unpaired) electrons. The smallest absolute Gasteiger partial charge is 0.360 e. The molecule has 3 rings (SSSR count). The molecule has 9 heteroatoms. The van der Waals surface area contributed by atoms with Crippen LogP contribution >= 0.6 is 0 Å². The number of fused-ring (bicyclic) bond motifs is 1. The second-order valence-corrected chi connectivity index (χ2v) is 5.66. The Morgan fingerprint density at radius 3 is 2.33 bits per heavy atom. The summed E-state index contributed by atoms with van der Waals surface area (Å²) in [4.78, 5) is 23.9. The standard InChI is InChI=1S/C18H18N4O5/c1-10-15(11-5-7-12(25-2)8-6-11)17-20-19-16(18(24)27-4)13(22(17)21-10)9-14(23)26-3/h5-8H,9H2,1-4H3. The van der Waals surface area contributed by atoms with Crippen molar-refractivity contribution < 1.29 is 23.8 Å². The van der Waals surface area contributed by atoms with Crippen LogP contribution in [0.2, 0.25) is 0 Å². The molecule has 0 unspecified atom stereocenters. The first-order valence-corrected chi connectivity index (χ1v) is 8.04. The van der Waals surface area contributed by atoms with Gasteiger partial charge >= 0.3 is 11.9 Å². The minimum atomic E-state index is -0.706. The summed E-state index contributed by atoms with van der Waals surface area (Å²) in [6, 6.07) is 7.39. The number of hydrogen-bond donors (Lipinski definition) is 0. The number of aromatic nitrogens is 4. The van der Waals surface area contributed by atoms with Gasteiger partial charge in [-0.2, -0.15) is 5.10 Å². The summed E-state index contributed by atoms with van der Waals surface area (Å²) < 4.78 is 16.1. The molecule has 0 saturated heterocycles. The topological polar surface area (TPSA) is 105 Å². The maximum absolute atomic E-state index is 12.0. The first-order valence-electron chi connectivity index (χ1n) is 8.04. The fraction of sp³-hybridized carbons (Fsp3) is 0.278. The lowest BCUT2D eigenvalue weighted by atomic mass is 10.1. The minimum Gasteiger partial charge on any atom is -0.497 e. The molecule has 0 saturated carbocycles. The molecule has 2 heterocycles. The van der Waals surface area contributed by atoms with Crippen LogP contribution in [0.3, 0.4) is 0 Å². The number of hydrogen-bond acceptors (Lipinski definition) is 8. The molecule has 27 heavy (non-hydrogen) atoms. The van der Waals surface area contributed by atoms with Gasteiger partial charge in [-0.25, -0.2) is 9.31 Å². The molecule has 3 aromatic rings. The molecular formula is C18H18N4O5. The highest BCUT2D eigenvalue weighted by molar-refractivity contribution is 5.90. The molecule has 0 N–H and O–H groups in total. The van der Waals surface area contributed by atoms with E-state index in [-0.39, 0.29) is 17.8 Å². The van der Waals surface area contributed by atoms with Crippen molar-refractivity contribution in [2.24, 2.45) is 0 Å². The molecule has 0 aliphatic carbocycles. The molecule has 0 fully saturated rings. The Morgan fingerprint density at radius 1 is 1.04 bits per heavy atom. The predicted molar refractivity (Wildman–Crippen MR) is 94.6 cm³/mol. The number of ether oxygens (including phenoxy) is 3. The van der Waals surface area contributed by atoms with Crippen LogP contribution in [-0.2, 0) is 20.7 Å². The summed E-state index contributed by atoms with van der Waals surface area (Å²) in [5.41, 5.74) is 2.85. The van der Waals surface area contributed by atoms with Gasteiger partial charge in [-0.1, -0.05) is 12.1 Å². The third-order valence-corrected chi connectivity index (χ3v) is 4.11. The summed E-state index contributed by atoms with van der Waals surface area (Å²) in [5.74, 6) is -0.519. The van der Waals surface area contributed by atoms with E-state index < -0.39 is 11.9 Å². The van der Waals surface area contributed by atoms with Crippen LogP contribution in [-0.4, -0.2) is 53.1 Å². The number of benzene rings is 1. The van der Waals surface area contributed by atoms with Gasteiger partial charge in [0.2, 0.25) is 0 Å². The third-order valence-electron chi connectivity index (χ3n) is 4.11. The fourth-order valence-electron chi connectivity index (χ4n) is 2.77. The third kappa shape index (κ3) is 3.31. The summed E-state index contributed by atoms with van der Waals surface area (Å²) in [5, 5.41) is 12.6. The molecule has 0 aliphatic heterocycles. The van der Waals surface area contributed by atoms with Crippen molar-refractivity contribution in [3.05, 3.63) is 41.3 Å². The molecular weight excluding hydrogens is 352 g/mol. The molecule has 0 aliphatic rings. The van der Waals surface area contributed by atoms with Crippen LogP contribution in [0.5, 0.6) is 5.75 Å². The van der Waals surface area contributed by atoms with Crippen LogP contribution in [0.4, 0.5) is 0 Å². The van der Waals surface area contributed by atoms with E-state index in [1.165, 1.54) is 18.7 Å². The Labute approximate surface area is 154 Å². The number of carbonyl (C=O) groups excluding carboxylic acids is 2. The lowest BCUT2D eigenvalue weighted by Crippen LogP contribution is -2.18. The molecule has 1 aromatic carbocycles. The Kier molecular flexibility index (Phi) is 5.02. The Morgan fingerprint density at radius 2 is 1.74 bits per heavy atom. The number of aryl methyl sites for hydroxylation is 1. The zero-order valence-electron chi connectivity index (χ0n) is 15.3. The zero-order chi connectivity index (χ0) is 19.6. The van der Waals surface area contributed by atoms with E-state index in [9.17, 15) is 9.59 Å². The van der Waals surface area contributed by atoms with Crippen molar-refractivity contribution in [3.8, 4) is 16.9 Å². The highest BCUT2D eigenvalue weighted by Crippen LogP contribution is 2.29. The number of esters is 2. The quantitative estimate of drug-likeness (QED) is 0.624. The largest absolute Gasteiger partial charge is 0.497 e. The van der Waals surface area contributed by atoms with Crippen molar-refractivity contribution in [2.45, 2.75) is 13.3 Å². The Balaban J connectivity index is 2.23. The van der Waals surface area contributed by atoms with Gasteiger partial charge in [-0.15, -0.1) is 10.2 Å². The number of rotatable bonds is 5. The molecule has 0 bridgehead atoms. The highest BCUT2D eigenvalue weighted by atomic mass is 16.5. The molecule has 9 nitrogen and oxygen atoms in total. The Bertz CT molecular complexity index is 1010. The average Bonchev–Trinajstić information content (AvgIpc) is 3.03. The first kappa shape index (κ1) is 18.3. The van der Waals surface area contributed by atoms with Gasteiger partial charge in [0.15, 0.2) is 11.3 Å². The van der Waals surface area contributed by atoms with Gasteiger partial charge in [-0.05, 0) is 24.6 Å². The fourth-order valence-corrected chi connectivity index (χ4v) is 2.77. The lowest BCUT2D eigenvalue weighted by Gasteiger charge is -2.08. The van der Waals surface area contributed by atoms with E-state index in [0.717, 1.165) is 16.9 Å². The van der Waals surface area contributed by atoms with E-state index in [1.54, 1.807) is 7.11 Å². The van der Waals surface area contributed by atoms with E-state index in [4.69, 9.17) is 14.2 Å². The molecule has 0 spiro atoms. The van der Waals surface area contributed by atoms with Crippen molar-refractivity contribution in [3.63, 3.8) is 0 Å². The normalized spacial score (nSPS) is 10.7. The van der Waals surface area contributed by atoms with Gasteiger partial charge in [0.1, 0.15) is 5.75 Å². The monoisotopic (exact) mass is 370 g/mol. The Hall–Kier alpha value is -3.49. The van der Waals surface area contributed by atoms with Crippen LogP contribution in [0, 0.1) is 6.92 Å². The second-order valence-electron chi connectivity index (χ2n) is 5.66. The van der Waals surface area contributed by atoms with Crippen molar-refractivity contribution >= 4 is 17.6 Å². The van der Waals surface area contributed by atoms with Gasteiger partial charge in [-0.3, -0.25) is 4.79 Å². The van der Waals surface area contributed by atoms with Gasteiger partial charge in [0.25, 0.3) is 0 Å². The molecule has 2 aromatic heterocycles. The van der Waals surface area contributed by atoms with Gasteiger partial charge in [0, 0.05) is 0 Å². The van der Waals surface area contributed by atoms with Crippen molar-refractivity contribution in [2.75, 3.05) is 21.3 Å². The molecule has 0 atom stereocenters. The van der Waals surface area contributed by atoms with Gasteiger partial charge < -0.3 is 14.2 Å². The summed E-state index contributed by atoms with van der Waals surface area (Å²) in [6.45, 7) is 1.81.